The van der Waals surface area contributed by atoms with Crippen LogP contribution < -0.4 is 5.73 Å². The molecule has 3 N–H and O–H groups in total. The first-order valence-corrected chi connectivity index (χ1v) is 4.97. The van der Waals surface area contributed by atoms with Gasteiger partial charge in [0.25, 0.3) is 0 Å². The zero-order valence-electron chi connectivity index (χ0n) is 8.65. The van der Waals surface area contributed by atoms with Gasteiger partial charge in [-0.2, -0.15) is 0 Å². The zero-order valence-corrected chi connectivity index (χ0v) is 8.65. The van der Waals surface area contributed by atoms with Crippen molar-refractivity contribution in [3.8, 4) is 5.75 Å². The highest BCUT2D eigenvalue weighted by molar-refractivity contribution is 5.60. The third-order valence-corrected chi connectivity index (χ3v) is 2.38. The summed E-state index contributed by atoms with van der Waals surface area (Å²) >= 11 is 0. The second-order valence-corrected chi connectivity index (χ2v) is 3.69. The molecular weight excluding hydrogens is 205 g/mol. The summed E-state index contributed by atoms with van der Waals surface area (Å²) < 4.78 is 13.4. The van der Waals surface area contributed by atoms with Gasteiger partial charge in [0.15, 0.2) is 0 Å². The van der Waals surface area contributed by atoms with Crippen molar-refractivity contribution in [2.75, 3.05) is 0 Å². The fourth-order valence-corrected chi connectivity index (χ4v) is 1.54. The quantitative estimate of drug-likeness (QED) is 0.759. The minimum Gasteiger partial charge on any atom is -0.508 e. The SMILES string of the molecule is NC1=CC=C(F)C(=Cc2ccc(O)cc2)C1. The normalized spacial score (nSPS) is 18.2. The van der Waals surface area contributed by atoms with Crippen LogP contribution in [0.4, 0.5) is 4.39 Å². The van der Waals surface area contributed by atoms with Crippen molar-refractivity contribution in [2.45, 2.75) is 6.42 Å². The van der Waals surface area contributed by atoms with Gasteiger partial charge in [-0.15, -0.1) is 0 Å². The molecule has 0 radical (unpaired) electrons. The third kappa shape index (κ3) is 2.31. The van der Waals surface area contributed by atoms with Crippen LogP contribution in [0.3, 0.4) is 0 Å². The van der Waals surface area contributed by atoms with Crippen molar-refractivity contribution in [3.05, 3.63) is 59.1 Å². The molecule has 2 rings (SSSR count). The second kappa shape index (κ2) is 4.23. The van der Waals surface area contributed by atoms with Crippen LogP contribution in [0.25, 0.3) is 6.08 Å². The number of aromatic hydroxyl groups is 1. The molecule has 0 fully saturated rings. The van der Waals surface area contributed by atoms with E-state index in [4.69, 9.17) is 10.8 Å². The molecule has 0 atom stereocenters. The lowest BCUT2D eigenvalue weighted by Gasteiger charge is -2.10. The molecule has 2 nitrogen and oxygen atoms in total. The Balaban J connectivity index is 2.28. The fourth-order valence-electron chi connectivity index (χ4n) is 1.54. The molecule has 1 aromatic carbocycles. The Hall–Kier alpha value is -2.03. The Morgan fingerprint density at radius 2 is 1.88 bits per heavy atom. The summed E-state index contributed by atoms with van der Waals surface area (Å²) in [6.07, 6.45) is 5.09. The Bertz CT molecular complexity index is 483. The van der Waals surface area contributed by atoms with Gasteiger partial charge in [-0.3, -0.25) is 0 Å². The lowest BCUT2D eigenvalue weighted by molar-refractivity contribution is 0.475. The number of hydrogen-bond donors (Lipinski definition) is 2. The second-order valence-electron chi connectivity index (χ2n) is 3.69. The fraction of sp³-hybridized carbons (Fsp3) is 0.0769. The number of hydrogen-bond acceptors (Lipinski definition) is 2. The molecule has 0 aliphatic heterocycles. The third-order valence-electron chi connectivity index (χ3n) is 2.38. The Kier molecular flexibility index (Phi) is 2.77. The number of benzene rings is 1. The van der Waals surface area contributed by atoms with E-state index in [0.29, 0.717) is 17.7 Å². The van der Waals surface area contributed by atoms with Crippen LogP contribution in [0.2, 0.25) is 0 Å². The molecule has 1 aromatic rings. The van der Waals surface area contributed by atoms with Gasteiger partial charge in [-0.25, -0.2) is 4.39 Å². The van der Waals surface area contributed by atoms with E-state index in [1.54, 1.807) is 36.4 Å². The van der Waals surface area contributed by atoms with E-state index in [0.717, 1.165) is 5.56 Å². The van der Waals surface area contributed by atoms with E-state index < -0.39 is 0 Å². The van der Waals surface area contributed by atoms with Crippen LogP contribution in [-0.2, 0) is 0 Å². The molecule has 0 aromatic heterocycles. The molecule has 1 aliphatic rings. The predicted octanol–water partition coefficient (Wildman–Crippen LogP) is 2.88. The van der Waals surface area contributed by atoms with Gasteiger partial charge in [0.1, 0.15) is 11.6 Å². The number of rotatable bonds is 1. The van der Waals surface area contributed by atoms with Crippen LogP contribution in [-0.4, -0.2) is 5.11 Å². The maximum absolute atomic E-state index is 13.4. The van der Waals surface area contributed by atoms with E-state index in [1.807, 2.05) is 0 Å². The Morgan fingerprint density at radius 3 is 2.56 bits per heavy atom. The van der Waals surface area contributed by atoms with Gasteiger partial charge in [0.2, 0.25) is 0 Å². The smallest absolute Gasteiger partial charge is 0.126 e. The minimum absolute atomic E-state index is 0.196. The molecule has 0 amide bonds. The number of nitrogens with two attached hydrogens (primary N) is 1. The first-order chi connectivity index (χ1) is 7.65. The minimum atomic E-state index is -0.262. The maximum Gasteiger partial charge on any atom is 0.126 e. The van der Waals surface area contributed by atoms with E-state index in [1.165, 1.54) is 6.08 Å². The monoisotopic (exact) mass is 217 g/mol. The van der Waals surface area contributed by atoms with Gasteiger partial charge < -0.3 is 10.8 Å². The van der Waals surface area contributed by atoms with Crippen molar-refractivity contribution in [1.29, 1.82) is 0 Å². The molecule has 0 saturated heterocycles. The Morgan fingerprint density at radius 1 is 1.19 bits per heavy atom. The summed E-state index contributed by atoms with van der Waals surface area (Å²) in [5, 5.41) is 9.12. The zero-order chi connectivity index (χ0) is 11.5. The summed E-state index contributed by atoms with van der Waals surface area (Å²) in [7, 11) is 0. The van der Waals surface area contributed by atoms with Crippen LogP contribution in [0.5, 0.6) is 5.75 Å². The molecule has 16 heavy (non-hydrogen) atoms. The van der Waals surface area contributed by atoms with Crippen LogP contribution in [0.1, 0.15) is 12.0 Å². The van der Waals surface area contributed by atoms with Gasteiger partial charge in [0, 0.05) is 12.1 Å². The summed E-state index contributed by atoms with van der Waals surface area (Å²) in [6, 6.07) is 6.58. The van der Waals surface area contributed by atoms with Gasteiger partial charge in [-0.1, -0.05) is 12.1 Å². The van der Waals surface area contributed by atoms with Crippen molar-refractivity contribution >= 4 is 6.08 Å². The van der Waals surface area contributed by atoms with Gasteiger partial charge in [-0.05, 0) is 41.5 Å². The molecule has 0 saturated carbocycles. The van der Waals surface area contributed by atoms with E-state index in [9.17, 15) is 4.39 Å². The van der Waals surface area contributed by atoms with Crippen molar-refractivity contribution in [1.82, 2.24) is 0 Å². The molecule has 0 heterocycles. The Labute approximate surface area is 93.2 Å². The van der Waals surface area contributed by atoms with Crippen LogP contribution in [0, 0.1) is 0 Å². The number of halogens is 1. The molecule has 82 valence electrons. The summed E-state index contributed by atoms with van der Waals surface area (Å²) in [4.78, 5) is 0. The molecule has 1 aliphatic carbocycles. The highest BCUT2D eigenvalue weighted by atomic mass is 19.1. The lowest BCUT2D eigenvalue weighted by atomic mass is 10.0. The van der Waals surface area contributed by atoms with E-state index >= 15 is 0 Å². The van der Waals surface area contributed by atoms with Crippen LogP contribution >= 0.6 is 0 Å². The van der Waals surface area contributed by atoms with Gasteiger partial charge >= 0.3 is 0 Å². The maximum atomic E-state index is 13.4. The standard InChI is InChI=1S/C13H12FNO/c14-13-6-3-11(15)8-10(13)7-9-1-4-12(16)5-2-9/h1-7,16H,8,15H2. The summed E-state index contributed by atoms with van der Waals surface area (Å²) in [6.45, 7) is 0. The van der Waals surface area contributed by atoms with Gasteiger partial charge in [0.05, 0.1) is 0 Å². The molecule has 0 unspecified atom stereocenters. The van der Waals surface area contributed by atoms with Crippen molar-refractivity contribution in [2.24, 2.45) is 5.73 Å². The largest absolute Gasteiger partial charge is 0.508 e. The number of allylic oxidation sites excluding steroid dienone is 4. The van der Waals surface area contributed by atoms with E-state index in [2.05, 4.69) is 0 Å². The first-order valence-electron chi connectivity index (χ1n) is 4.97. The van der Waals surface area contributed by atoms with Crippen LogP contribution in [0.15, 0.2) is 53.5 Å². The first kappa shape index (κ1) is 10.5. The number of phenols is 1. The van der Waals surface area contributed by atoms with Crippen molar-refractivity contribution < 1.29 is 9.50 Å². The van der Waals surface area contributed by atoms with Crippen molar-refractivity contribution in [3.63, 3.8) is 0 Å². The highest BCUT2D eigenvalue weighted by Gasteiger charge is 2.09. The molecule has 3 heteroatoms. The molecule has 0 bridgehead atoms. The van der Waals surface area contributed by atoms with E-state index in [-0.39, 0.29) is 11.6 Å². The average molecular weight is 217 g/mol. The average Bonchev–Trinajstić information content (AvgIpc) is 2.27. The highest BCUT2D eigenvalue weighted by Crippen LogP contribution is 2.25. The number of phenolic OH excluding ortho intramolecular Hbond substituents is 1. The topological polar surface area (TPSA) is 46.2 Å². The lowest BCUT2D eigenvalue weighted by Crippen LogP contribution is -2.02. The summed E-state index contributed by atoms with van der Waals surface area (Å²) in [5.41, 5.74) is 7.68. The molecule has 0 spiro atoms. The predicted molar refractivity (Wildman–Crippen MR) is 62.2 cm³/mol. The molecular formula is C13H12FNO. The summed E-state index contributed by atoms with van der Waals surface area (Å²) in [5.74, 6) is -0.0662.